The summed E-state index contributed by atoms with van der Waals surface area (Å²) in [5, 5.41) is 6.71. The van der Waals surface area contributed by atoms with Crippen LogP contribution < -0.4 is 5.69 Å². The summed E-state index contributed by atoms with van der Waals surface area (Å²) in [6.07, 6.45) is 0.841. The number of carbonyl (C=O) groups excluding carboxylic acids is 1. The number of aromatic amines is 1. The lowest BCUT2D eigenvalue weighted by molar-refractivity contribution is 0.0994. The van der Waals surface area contributed by atoms with Crippen LogP contribution in [-0.4, -0.2) is 25.8 Å². The molecule has 2 rings (SSSR count). The van der Waals surface area contributed by atoms with Crippen LogP contribution in [0.25, 0.3) is 0 Å². The predicted molar refractivity (Wildman–Crippen MR) is 84.0 cm³/mol. The number of rotatable bonds is 6. The van der Waals surface area contributed by atoms with Gasteiger partial charge in [0.25, 0.3) is 0 Å². The third kappa shape index (κ3) is 3.64. The summed E-state index contributed by atoms with van der Waals surface area (Å²) >= 11 is 1.31. The Morgan fingerprint density at radius 2 is 2.05 bits per heavy atom. The molecule has 1 heterocycles. The molecule has 0 amide bonds. The zero-order chi connectivity index (χ0) is 15.4. The van der Waals surface area contributed by atoms with Crippen LogP contribution in [0.4, 0.5) is 0 Å². The highest BCUT2D eigenvalue weighted by Crippen LogP contribution is 2.23. The molecule has 0 saturated carbocycles. The van der Waals surface area contributed by atoms with Crippen molar-refractivity contribution in [2.24, 2.45) is 0 Å². The summed E-state index contributed by atoms with van der Waals surface area (Å²) in [4.78, 5) is 24.0. The van der Waals surface area contributed by atoms with Gasteiger partial charge in [-0.1, -0.05) is 48.5 Å². The number of ketones is 1. The van der Waals surface area contributed by atoms with E-state index in [0.717, 1.165) is 12.0 Å². The van der Waals surface area contributed by atoms with Gasteiger partial charge < -0.3 is 0 Å². The van der Waals surface area contributed by atoms with E-state index in [1.807, 2.05) is 45.0 Å². The van der Waals surface area contributed by atoms with Crippen molar-refractivity contribution in [3.05, 3.63) is 45.9 Å². The van der Waals surface area contributed by atoms with Gasteiger partial charge in [-0.25, -0.2) is 9.89 Å². The first-order valence-corrected chi connectivity index (χ1v) is 7.83. The molecule has 0 aliphatic heterocycles. The SMILES string of the molecule is CCCn1c(S[C@@H](C)C(=O)c2ccc(C)cc2)n[nH]c1=O. The van der Waals surface area contributed by atoms with Crippen LogP contribution in [0.3, 0.4) is 0 Å². The number of benzene rings is 1. The third-order valence-electron chi connectivity index (χ3n) is 3.16. The van der Waals surface area contributed by atoms with E-state index in [9.17, 15) is 9.59 Å². The van der Waals surface area contributed by atoms with Crippen molar-refractivity contribution in [1.29, 1.82) is 0 Å². The van der Waals surface area contributed by atoms with Crippen LogP contribution >= 0.6 is 11.8 Å². The first-order chi connectivity index (χ1) is 10.0. The second kappa shape index (κ2) is 6.76. The Morgan fingerprint density at radius 1 is 1.38 bits per heavy atom. The summed E-state index contributed by atoms with van der Waals surface area (Å²) in [6.45, 7) is 6.42. The van der Waals surface area contributed by atoms with Crippen LogP contribution in [0, 0.1) is 6.92 Å². The second-order valence-corrected chi connectivity index (χ2v) is 6.26. The molecule has 21 heavy (non-hydrogen) atoms. The number of hydrogen-bond donors (Lipinski definition) is 1. The van der Waals surface area contributed by atoms with Gasteiger partial charge in [-0.15, -0.1) is 5.10 Å². The zero-order valence-corrected chi connectivity index (χ0v) is 13.2. The average Bonchev–Trinajstić information content (AvgIpc) is 2.81. The van der Waals surface area contributed by atoms with E-state index in [1.165, 1.54) is 11.8 Å². The molecule has 5 nitrogen and oxygen atoms in total. The minimum atomic E-state index is -0.293. The standard InChI is InChI=1S/C15H19N3O2S/c1-4-9-18-14(20)16-17-15(18)21-11(3)13(19)12-7-5-10(2)6-8-12/h5-8,11H,4,9H2,1-3H3,(H,16,20)/t11-/m0/s1. The maximum absolute atomic E-state index is 12.4. The minimum Gasteiger partial charge on any atom is -0.293 e. The van der Waals surface area contributed by atoms with Gasteiger partial charge in [0.2, 0.25) is 0 Å². The first kappa shape index (κ1) is 15.6. The van der Waals surface area contributed by atoms with E-state index < -0.39 is 0 Å². The Hall–Kier alpha value is -1.82. The molecule has 6 heteroatoms. The number of Topliss-reactive ketones (excluding diaryl/α,β-unsaturated/α-hetero) is 1. The average molecular weight is 305 g/mol. The van der Waals surface area contributed by atoms with Gasteiger partial charge in [-0.05, 0) is 20.3 Å². The van der Waals surface area contributed by atoms with Crippen molar-refractivity contribution >= 4 is 17.5 Å². The van der Waals surface area contributed by atoms with Crippen molar-refractivity contribution in [2.45, 2.75) is 44.1 Å². The van der Waals surface area contributed by atoms with Crippen LogP contribution in [0.5, 0.6) is 0 Å². The smallest absolute Gasteiger partial charge is 0.293 e. The fourth-order valence-electron chi connectivity index (χ4n) is 1.98. The molecular weight excluding hydrogens is 286 g/mol. The number of nitrogens with zero attached hydrogens (tertiary/aromatic N) is 2. The summed E-state index contributed by atoms with van der Waals surface area (Å²) < 4.78 is 1.57. The van der Waals surface area contributed by atoms with Crippen LogP contribution in [0.2, 0.25) is 0 Å². The van der Waals surface area contributed by atoms with Gasteiger partial charge in [-0.2, -0.15) is 0 Å². The lowest BCUT2D eigenvalue weighted by Gasteiger charge is -2.10. The van der Waals surface area contributed by atoms with E-state index in [4.69, 9.17) is 0 Å². The number of aromatic nitrogens is 3. The summed E-state index contributed by atoms with van der Waals surface area (Å²) in [5.41, 5.74) is 1.57. The first-order valence-electron chi connectivity index (χ1n) is 6.95. The fraction of sp³-hybridized carbons (Fsp3) is 0.400. The molecule has 0 aliphatic carbocycles. The van der Waals surface area contributed by atoms with Gasteiger partial charge in [0.15, 0.2) is 10.9 Å². The van der Waals surface area contributed by atoms with Gasteiger partial charge in [0.1, 0.15) is 0 Å². The Labute approximate surface area is 127 Å². The van der Waals surface area contributed by atoms with Crippen molar-refractivity contribution in [3.8, 4) is 0 Å². The third-order valence-corrected chi connectivity index (χ3v) is 4.25. The number of hydrogen-bond acceptors (Lipinski definition) is 4. The van der Waals surface area contributed by atoms with Crippen molar-refractivity contribution in [3.63, 3.8) is 0 Å². The highest BCUT2D eigenvalue weighted by molar-refractivity contribution is 8.00. The Kier molecular flexibility index (Phi) is 5.01. The van der Waals surface area contributed by atoms with Crippen LogP contribution in [0.1, 0.15) is 36.2 Å². The fourth-order valence-corrected chi connectivity index (χ4v) is 2.94. The highest BCUT2D eigenvalue weighted by Gasteiger charge is 2.20. The molecule has 1 N–H and O–H groups in total. The molecule has 1 aromatic heterocycles. The summed E-state index contributed by atoms with van der Waals surface area (Å²) in [5.74, 6) is 0.0403. The molecular formula is C15H19N3O2S. The predicted octanol–water partition coefficient (Wildman–Crippen LogP) is 2.65. The van der Waals surface area contributed by atoms with E-state index in [1.54, 1.807) is 4.57 Å². The number of carbonyl (C=O) groups is 1. The van der Waals surface area contributed by atoms with E-state index in [2.05, 4.69) is 10.2 Å². The molecule has 0 radical (unpaired) electrons. The van der Waals surface area contributed by atoms with E-state index >= 15 is 0 Å². The Balaban J connectivity index is 2.14. The molecule has 0 saturated heterocycles. The van der Waals surface area contributed by atoms with Crippen molar-refractivity contribution in [2.75, 3.05) is 0 Å². The molecule has 0 aliphatic rings. The number of nitrogens with one attached hydrogen (secondary N) is 1. The summed E-state index contributed by atoms with van der Waals surface area (Å²) in [7, 11) is 0. The van der Waals surface area contributed by atoms with Gasteiger partial charge >= 0.3 is 5.69 Å². The molecule has 0 unspecified atom stereocenters. The van der Waals surface area contributed by atoms with Gasteiger partial charge in [-0.3, -0.25) is 9.36 Å². The largest absolute Gasteiger partial charge is 0.343 e. The second-order valence-electron chi connectivity index (χ2n) is 4.95. The van der Waals surface area contributed by atoms with E-state index in [0.29, 0.717) is 17.3 Å². The molecule has 0 spiro atoms. The van der Waals surface area contributed by atoms with Crippen molar-refractivity contribution < 1.29 is 4.79 Å². The monoisotopic (exact) mass is 305 g/mol. The molecule has 2 aromatic rings. The minimum absolute atomic E-state index is 0.0403. The zero-order valence-electron chi connectivity index (χ0n) is 12.4. The van der Waals surface area contributed by atoms with Gasteiger partial charge in [0.05, 0.1) is 5.25 Å². The molecule has 0 fully saturated rings. The molecule has 112 valence electrons. The lowest BCUT2D eigenvalue weighted by atomic mass is 10.1. The maximum atomic E-state index is 12.4. The van der Waals surface area contributed by atoms with E-state index in [-0.39, 0.29) is 16.7 Å². The van der Waals surface area contributed by atoms with Crippen LogP contribution in [0.15, 0.2) is 34.2 Å². The number of H-pyrrole nitrogens is 1. The quantitative estimate of drug-likeness (QED) is 0.658. The molecule has 1 atom stereocenters. The highest BCUT2D eigenvalue weighted by atomic mass is 32.2. The number of thioether (sulfide) groups is 1. The van der Waals surface area contributed by atoms with Gasteiger partial charge in [0, 0.05) is 12.1 Å². The lowest BCUT2D eigenvalue weighted by Crippen LogP contribution is -2.19. The molecule has 1 aromatic carbocycles. The van der Waals surface area contributed by atoms with Crippen molar-refractivity contribution in [1.82, 2.24) is 14.8 Å². The summed E-state index contributed by atoms with van der Waals surface area (Å²) in [6, 6.07) is 7.51. The molecule has 0 bridgehead atoms. The Morgan fingerprint density at radius 3 is 2.67 bits per heavy atom. The Bertz CT molecular complexity index is 673. The van der Waals surface area contributed by atoms with Crippen LogP contribution in [-0.2, 0) is 6.54 Å². The number of aryl methyl sites for hydroxylation is 1. The maximum Gasteiger partial charge on any atom is 0.343 e. The topological polar surface area (TPSA) is 67.8 Å². The normalized spacial score (nSPS) is 12.3.